The number of aromatic nitrogens is 2. The van der Waals surface area contributed by atoms with Crippen molar-refractivity contribution in [1.82, 2.24) is 14.9 Å². The molecular weight excluding hydrogens is 314 g/mol. The predicted molar refractivity (Wildman–Crippen MR) is 87.7 cm³/mol. The Hall–Kier alpha value is -1.73. The molecule has 7 heteroatoms. The summed E-state index contributed by atoms with van der Waals surface area (Å²) in [6, 6.07) is 0. The molecule has 0 unspecified atom stereocenters. The van der Waals surface area contributed by atoms with Crippen molar-refractivity contribution in [3.63, 3.8) is 0 Å². The normalized spacial score (nSPS) is 19.2. The molecule has 0 bridgehead atoms. The van der Waals surface area contributed by atoms with Crippen LogP contribution in [0, 0.1) is 0 Å². The maximum Gasteiger partial charge on any atom is 0.332 e. The van der Waals surface area contributed by atoms with Crippen LogP contribution in [0.5, 0.6) is 0 Å². The minimum Gasteiger partial charge on any atom is -0.464 e. The van der Waals surface area contributed by atoms with Crippen molar-refractivity contribution in [1.29, 1.82) is 0 Å². The average Bonchev–Trinajstić information content (AvgIpc) is 2.88. The van der Waals surface area contributed by atoms with Gasteiger partial charge in [0, 0.05) is 11.4 Å². The number of ether oxygens (including phenoxy) is 1. The Morgan fingerprint density at radius 2 is 2.35 bits per heavy atom. The van der Waals surface area contributed by atoms with Crippen molar-refractivity contribution in [2.75, 3.05) is 13.2 Å². The maximum atomic E-state index is 13.1. The molecule has 0 spiro atoms. The van der Waals surface area contributed by atoms with E-state index in [0.29, 0.717) is 24.8 Å². The summed E-state index contributed by atoms with van der Waals surface area (Å²) in [4.78, 5) is 32.0. The molecule has 1 fully saturated rings. The molecule has 0 saturated heterocycles. The summed E-state index contributed by atoms with van der Waals surface area (Å²) in [5.41, 5.74) is 0.159. The highest BCUT2D eigenvalue weighted by Gasteiger charge is 2.48. The summed E-state index contributed by atoms with van der Waals surface area (Å²) in [6.45, 7) is 3.77. The summed E-state index contributed by atoms with van der Waals surface area (Å²) in [7, 11) is 0. The Bertz CT molecular complexity index is 835. The Balaban J connectivity index is 1.89. The van der Waals surface area contributed by atoms with Gasteiger partial charge in [0.25, 0.3) is 5.56 Å². The van der Waals surface area contributed by atoms with Crippen LogP contribution in [0.3, 0.4) is 0 Å². The van der Waals surface area contributed by atoms with Crippen LogP contribution in [-0.4, -0.2) is 28.7 Å². The smallest absolute Gasteiger partial charge is 0.332 e. The number of esters is 1. The molecule has 6 nitrogen and oxygen atoms in total. The van der Waals surface area contributed by atoms with E-state index < -0.39 is 5.54 Å². The average molecular weight is 333 g/mol. The molecule has 1 N–H and O–H groups in total. The third kappa shape index (κ3) is 2.06. The van der Waals surface area contributed by atoms with Crippen LogP contribution in [0.2, 0.25) is 0 Å². The Morgan fingerprint density at radius 1 is 1.52 bits per heavy atom. The van der Waals surface area contributed by atoms with E-state index >= 15 is 0 Å². The van der Waals surface area contributed by atoms with E-state index in [2.05, 4.69) is 10.3 Å². The van der Waals surface area contributed by atoms with E-state index in [1.54, 1.807) is 18.3 Å². The molecule has 23 heavy (non-hydrogen) atoms. The van der Waals surface area contributed by atoms with Gasteiger partial charge >= 0.3 is 5.97 Å². The van der Waals surface area contributed by atoms with Gasteiger partial charge in [-0.15, -0.1) is 11.3 Å². The van der Waals surface area contributed by atoms with Crippen LogP contribution in [0.25, 0.3) is 10.2 Å². The standard InChI is InChI=1S/C16H19N3O3S/c1-2-22-15(21)16(5-3-6-16)19-9-18-13-12(14(19)20)10-4-7-17-8-11(10)23-13/h9,17H,2-8H2,1H3. The van der Waals surface area contributed by atoms with Crippen molar-refractivity contribution in [2.24, 2.45) is 0 Å². The predicted octanol–water partition coefficient (Wildman–Crippen LogP) is 1.55. The van der Waals surface area contributed by atoms with Gasteiger partial charge in [-0.05, 0) is 44.7 Å². The van der Waals surface area contributed by atoms with Crippen molar-refractivity contribution < 1.29 is 9.53 Å². The Labute approximate surface area is 137 Å². The third-order valence-corrected chi connectivity index (χ3v) is 6.07. The Kier molecular flexibility index (Phi) is 3.50. The lowest BCUT2D eigenvalue weighted by Crippen LogP contribution is -2.53. The molecule has 1 aliphatic heterocycles. The van der Waals surface area contributed by atoms with Gasteiger partial charge < -0.3 is 10.1 Å². The van der Waals surface area contributed by atoms with Gasteiger partial charge in [0.05, 0.1) is 12.0 Å². The van der Waals surface area contributed by atoms with Crippen LogP contribution >= 0.6 is 11.3 Å². The lowest BCUT2D eigenvalue weighted by atomic mass is 9.76. The lowest BCUT2D eigenvalue weighted by Gasteiger charge is -2.40. The first kappa shape index (κ1) is 14.8. The number of carbonyl (C=O) groups excluding carboxylic acids is 1. The van der Waals surface area contributed by atoms with Gasteiger partial charge in [0.1, 0.15) is 16.7 Å². The van der Waals surface area contributed by atoms with Gasteiger partial charge in [0.2, 0.25) is 0 Å². The third-order valence-electron chi connectivity index (χ3n) is 4.93. The van der Waals surface area contributed by atoms with E-state index in [0.717, 1.165) is 36.3 Å². The quantitative estimate of drug-likeness (QED) is 0.863. The van der Waals surface area contributed by atoms with Crippen molar-refractivity contribution in [3.8, 4) is 0 Å². The fourth-order valence-corrected chi connectivity index (χ4v) is 4.69. The van der Waals surface area contributed by atoms with Gasteiger partial charge in [-0.25, -0.2) is 9.78 Å². The molecule has 0 radical (unpaired) electrons. The largest absolute Gasteiger partial charge is 0.464 e. The van der Waals surface area contributed by atoms with Gasteiger partial charge in [-0.1, -0.05) is 0 Å². The molecular formula is C16H19N3O3S. The molecule has 0 aromatic carbocycles. The molecule has 0 atom stereocenters. The van der Waals surface area contributed by atoms with Gasteiger partial charge in [-0.3, -0.25) is 9.36 Å². The summed E-state index contributed by atoms with van der Waals surface area (Å²) in [5, 5.41) is 4.02. The molecule has 1 saturated carbocycles. The maximum absolute atomic E-state index is 13.1. The van der Waals surface area contributed by atoms with Crippen LogP contribution in [-0.2, 0) is 28.0 Å². The molecule has 122 valence electrons. The first-order valence-corrected chi connectivity index (χ1v) is 8.89. The van der Waals surface area contributed by atoms with E-state index in [4.69, 9.17) is 4.74 Å². The molecule has 2 aliphatic rings. The lowest BCUT2D eigenvalue weighted by molar-refractivity contribution is -0.159. The zero-order chi connectivity index (χ0) is 16.0. The van der Waals surface area contributed by atoms with E-state index in [1.165, 1.54) is 15.8 Å². The molecule has 4 rings (SSSR count). The SMILES string of the molecule is CCOC(=O)C1(n2cnc3sc4c(c3c2=O)CCNC4)CCC1. The first-order valence-electron chi connectivity index (χ1n) is 8.07. The summed E-state index contributed by atoms with van der Waals surface area (Å²) >= 11 is 1.57. The number of rotatable bonds is 3. The number of thiophene rings is 1. The molecule has 2 aromatic heterocycles. The zero-order valence-electron chi connectivity index (χ0n) is 13.1. The van der Waals surface area contributed by atoms with Crippen LogP contribution < -0.4 is 10.9 Å². The van der Waals surface area contributed by atoms with Crippen LogP contribution in [0.1, 0.15) is 36.6 Å². The fourth-order valence-electron chi connectivity index (χ4n) is 3.54. The summed E-state index contributed by atoms with van der Waals surface area (Å²) in [6.07, 6.45) is 4.59. The monoisotopic (exact) mass is 333 g/mol. The second kappa shape index (κ2) is 5.42. The number of nitrogens with zero attached hydrogens (tertiary/aromatic N) is 2. The highest BCUT2D eigenvalue weighted by molar-refractivity contribution is 7.18. The van der Waals surface area contributed by atoms with Crippen molar-refractivity contribution >= 4 is 27.5 Å². The van der Waals surface area contributed by atoms with E-state index in [9.17, 15) is 9.59 Å². The topological polar surface area (TPSA) is 73.2 Å². The minimum atomic E-state index is -0.851. The number of nitrogens with one attached hydrogen (secondary N) is 1. The highest BCUT2D eigenvalue weighted by atomic mass is 32.1. The number of hydrogen-bond acceptors (Lipinski definition) is 6. The number of hydrogen-bond donors (Lipinski definition) is 1. The fraction of sp³-hybridized carbons (Fsp3) is 0.562. The van der Waals surface area contributed by atoms with Crippen molar-refractivity contribution in [2.45, 2.75) is 44.7 Å². The minimum absolute atomic E-state index is 0.0952. The van der Waals surface area contributed by atoms with Gasteiger partial charge in [-0.2, -0.15) is 0 Å². The van der Waals surface area contributed by atoms with Crippen molar-refractivity contribution in [3.05, 3.63) is 27.1 Å². The Morgan fingerprint density at radius 3 is 3.04 bits per heavy atom. The highest BCUT2D eigenvalue weighted by Crippen LogP contribution is 2.40. The molecule has 3 heterocycles. The summed E-state index contributed by atoms with van der Waals surface area (Å²) in [5.74, 6) is -0.305. The van der Waals surface area contributed by atoms with Crippen LogP contribution in [0.15, 0.2) is 11.1 Å². The zero-order valence-corrected chi connectivity index (χ0v) is 13.9. The first-order chi connectivity index (χ1) is 11.2. The molecule has 1 aliphatic carbocycles. The van der Waals surface area contributed by atoms with Gasteiger partial charge in [0.15, 0.2) is 0 Å². The number of fused-ring (bicyclic) bond motifs is 3. The number of carbonyl (C=O) groups is 1. The second-order valence-electron chi connectivity index (χ2n) is 6.14. The summed E-state index contributed by atoms with van der Waals surface area (Å²) < 4.78 is 6.76. The van der Waals surface area contributed by atoms with E-state index in [-0.39, 0.29) is 11.5 Å². The second-order valence-corrected chi connectivity index (χ2v) is 7.22. The van der Waals surface area contributed by atoms with E-state index in [1.807, 2.05) is 0 Å². The molecule has 2 aromatic rings. The van der Waals surface area contributed by atoms with Crippen LogP contribution in [0.4, 0.5) is 0 Å². The molecule has 0 amide bonds.